The van der Waals surface area contributed by atoms with Gasteiger partial charge in [-0.05, 0) is 50.7 Å². The smallest absolute Gasteiger partial charge is 0.150 e. The maximum Gasteiger partial charge on any atom is 0.150 e. The zero-order valence-electron chi connectivity index (χ0n) is 16.2. The van der Waals surface area contributed by atoms with Crippen LogP contribution in [0.15, 0.2) is 97.1 Å². The van der Waals surface area contributed by atoms with Crippen molar-refractivity contribution in [3.05, 3.63) is 108 Å². The standard InChI is InChI=1S/C28H20O/c1-19-10-14-21(15-11-19)27-25-8-4-2-6-23(25)24-7-3-5-9-26(24)28(27)22-16-12-20(18-29)13-17-22/h2-18H,1H3. The minimum Gasteiger partial charge on any atom is -0.298 e. The molecule has 5 aromatic rings. The molecule has 0 saturated heterocycles. The zero-order chi connectivity index (χ0) is 19.8. The molecule has 29 heavy (non-hydrogen) atoms. The Morgan fingerprint density at radius 3 is 1.38 bits per heavy atom. The molecular weight excluding hydrogens is 352 g/mol. The minimum absolute atomic E-state index is 0.690. The van der Waals surface area contributed by atoms with Gasteiger partial charge >= 0.3 is 0 Å². The van der Waals surface area contributed by atoms with Gasteiger partial charge in [0.1, 0.15) is 6.29 Å². The summed E-state index contributed by atoms with van der Waals surface area (Å²) >= 11 is 0. The van der Waals surface area contributed by atoms with Gasteiger partial charge in [-0.2, -0.15) is 0 Å². The van der Waals surface area contributed by atoms with Crippen LogP contribution in [0.1, 0.15) is 15.9 Å². The van der Waals surface area contributed by atoms with Gasteiger partial charge in [-0.15, -0.1) is 0 Å². The number of rotatable bonds is 3. The molecule has 1 nitrogen and oxygen atoms in total. The molecule has 1 heteroatoms. The molecule has 0 aliphatic carbocycles. The summed E-state index contributed by atoms with van der Waals surface area (Å²) in [5.41, 5.74) is 6.70. The number of carbonyl (C=O) groups is 1. The van der Waals surface area contributed by atoms with Crippen LogP contribution in [0.4, 0.5) is 0 Å². The molecule has 0 aliphatic heterocycles. The highest BCUT2D eigenvalue weighted by molar-refractivity contribution is 6.21. The first kappa shape index (κ1) is 17.4. The van der Waals surface area contributed by atoms with Gasteiger partial charge in [-0.3, -0.25) is 4.79 Å². The predicted molar refractivity (Wildman–Crippen MR) is 122 cm³/mol. The molecule has 0 fully saturated rings. The largest absolute Gasteiger partial charge is 0.298 e. The second-order valence-corrected chi connectivity index (χ2v) is 7.45. The molecule has 0 aromatic heterocycles. The fourth-order valence-corrected chi connectivity index (χ4v) is 4.19. The highest BCUT2D eigenvalue weighted by Crippen LogP contribution is 2.44. The van der Waals surface area contributed by atoms with E-state index in [2.05, 4.69) is 91.9 Å². The lowest BCUT2D eigenvalue weighted by molar-refractivity contribution is 0.112. The lowest BCUT2D eigenvalue weighted by Gasteiger charge is -2.18. The predicted octanol–water partition coefficient (Wildman–Crippen LogP) is 7.45. The highest BCUT2D eigenvalue weighted by atomic mass is 16.1. The lowest BCUT2D eigenvalue weighted by Crippen LogP contribution is -1.92. The molecule has 0 saturated carbocycles. The molecular formula is C28H20O. The molecule has 0 aliphatic rings. The van der Waals surface area contributed by atoms with Crippen LogP contribution in [-0.4, -0.2) is 6.29 Å². The van der Waals surface area contributed by atoms with E-state index in [9.17, 15) is 4.79 Å². The summed E-state index contributed by atoms with van der Waals surface area (Å²) in [6.07, 6.45) is 0.892. The summed E-state index contributed by atoms with van der Waals surface area (Å²) in [5, 5.41) is 4.96. The zero-order valence-corrected chi connectivity index (χ0v) is 16.2. The molecule has 0 spiro atoms. The van der Waals surface area contributed by atoms with Crippen molar-refractivity contribution >= 4 is 27.8 Å². The Hall–Kier alpha value is -3.71. The van der Waals surface area contributed by atoms with E-state index in [0.717, 1.165) is 11.8 Å². The van der Waals surface area contributed by atoms with Crippen molar-refractivity contribution in [3.8, 4) is 22.3 Å². The molecule has 0 radical (unpaired) electrons. The number of hydrogen-bond donors (Lipinski definition) is 0. The van der Waals surface area contributed by atoms with E-state index in [1.165, 1.54) is 43.8 Å². The van der Waals surface area contributed by atoms with E-state index < -0.39 is 0 Å². The van der Waals surface area contributed by atoms with Crippen LogP contribution in [0.2, 0.25) is 0 Å². The monoisotopic (exact) mass is 372 g/mol. The van der Waals surface area contributed by atoms with Gasteiger partial charge in [0, 0.05) is 5.56 Å². The second kappa shape index (κ2) is 7.03. The first-order chi connectivity index (χ1) is 14.3. The Labute approximate surface area is 170 Å². The summed E-state index contributed by atoms with van der Waals surface area (Å²) in [4.78, 5) is 11.2. The lowest BCUT2D eigenvalue weighted by atomic mass is 9.85. The first-order valence-corrected chi connectivity index (χ1v) is 9.82. The number of carbonyl (C=O) groups excluding carboxylic acids is 1. The Bertz CT molecular complexity index is 1340. The van der Waals surface area contributed by atoms with Crippen LogP contribution in [0.25, 0.3) is 43.8 Å². The summed E-state index contributed by atoms with van der Waals surface area (Å²) in [6, 6.07) is 33.8. The summed E-state index contributed by atoms with van der Waals surface area (Å²) < 4.78 is 0. The molecule has 5 rings (SSSR count). The van der Waals surface area contributed by atoms with Crippen molar-refractivity contribution in [2.24, 2.45) is 0 Å². The summed E-state index contributed by atoms with van der Waals surface area (Å²) in [6.45, 7) is 2.11. The maximum atomic E-state index is 11.2. The normalized spacial score (nSPS) is 11.1. The van der Waals surface area contributed by atoms with Gasteiger partial charge < -0.3 is 0 Å². The van der Waals surface area contributed by atoms with Crippen molar-refractivity contribution in [1.29, 1.82) is 0 Å². The van der Waals surface area contributed by atoms with Gasteiger partial charge in [0.05, 0.1) is 0 Å². The van der Waals surface area contributed by atoms with E-state index in [1.54, 1.807) is 0 Å². The van der Waals surface area contributed by atoms with E-state index in [4.69, 9.17) is 0 Å². The molecule has 0 amide bonds. The van der Waals surface area contributed by atoms with Crippen LogP contribution in [0.3, 0.4) is 0 Å². The molecule has 0 atom stereocenters. The van der Waals surface area contributed by atoms with Crippen molar-refractivity contribution in [2.45, 2.75) is 6.92 Å². The van der Waals surface area contributed by atoms with Crippen molar-refractivity contribution in [2.75, 3.05) is 0 Å². The summed E-state index contributed by atoms with van der Waals surface area (Å²) in [7, 11) is 0. The quantitative estimate of drug-likeness (QED) is 0.237. The first-order valence-electron chi connectivity index (χ1n) is 9.82. The molecule has 138 valence electrons. The van der Waals surface area contributed by atoms with Gasteiger partial charge in [-0.1, -0.05) is 103 Å². The highest BCUT2D eigenvalue weighted by Gasteiger charge is 2.17. The summed E-state index contributed by atoms with van der Waals surface area (Å²) in [5.74, 6) is 0. The number of aryl methyl sites for hydroxylation is 1. The van der Waals surface area contributed by atoms with Gasteiger partial charge in [0.2, 0.25) is 0 Å². The molecule has 0 N–H and O–H groups in total. The molecule has 0 unspecified atom stereocenters. The third-order valence-corrected chi connectivity index (χ3v) is 5.61. The molecule has 5 aromatic carbocycles. The van der Waals surface area contributed by atoms with Crippen LogP contribution in [0.5, 0.6) is 0 Å². The van der Waals surface area contributed by atoms with E-state index in [1.807, 2.05) is 12.1 Å². The van der Waals surface area contributed by atoms with Gasteiger partial charge in [0.25, 0.3) is 0 Å². The van der Waals surface area contributed by atoms with Crippen molar-refractivity contribution in [3.63, 3.8) is 0 Å². The maximum absolute atomic E-state index is 11.2. The van der Waals surface area contributed by atoms with Gasteiger partial charge in [0.15, 0.2) is 0 Å². The average molecular weight is 372 g/mol. The van der Waals surface area contributed by atoms with Crippen molar-refractivity contribution < 1.29 is 4.79 Å². The van der Waals surface area contributed by atoms with E-state index in [-0.39, 0.29) is 0 Å². The van der Waals surface area contributed by atoms with E-state index in [0.29, 0.717) is 5.56 Å². The Kier molecular flexibility index (Phi) is 4.22. The number of benzene rings is 5. The third kappa shape index (κ3) is 2.92. The Morgan fingerprint density at radius 2 is 0.931 bits per heavy atom. The molecule has 0 bridgehead atoms. The number of hydrogen-bond acceptors (Lipinski definition) is 1. The van der Waals surface area contributed by atoms with Crippen LogP contribution in [0, 0.1) is 6.92 Å². The average Bonchev–Trinajstić information content (AvgIpc) is 2.79. The molecule has 0 heterocycles. The van der Waals surface area contributed by atoms with Gasteiger partial charge in [-0.25, -0.2) is 0 Å². The Morgan fingerprint density at radius 1 is 0.517 bits per heavy atom. The van der Waals surface area contributed by atoms with Crippen LogP contribution < -0.4 is 0 Å². The minimum atomic E-state index is 0.690. The van der Waals surface area contributed by atoms with Crippen LogP contribution >= 0.6 is 0 Å². The topological polar surface area (TPSA) is 17.1 Å². The fourth-order valence-electron chi connectivity index (χ4n) is 4.19. The third-order valence-electron chi connectivity index (χ3n) is 5.61. The Balaban J connectivity index is 1.98. The number of aldehydes is 1. The van der Waals surface area contributed by atoms with E-state index >= 15 is 0 Å². The fraction of sp³-hybridized carbons (Fsp3) is 0.0357. The van der Waals surface area contributed by atoms with Crippen molar-refractivity contribution in [1.82, 2.24) is 0 Å². The SMILES string of the molecule is Cc1ccc(-c2c(-c3ccc(C=O)cc3)c3ccccc3c3ccccc23)cc1. The second-order valence-electron chi connectivity index (χ2n) is 7.45. The number of fused-ring (bicyclic) bond motifs is 3. The van der Waals surface area contributed by atoms with Crippen LogP contribution in [-0.2, 0) is 0 Å².